The zero-order valence-electron chi connectivity index (χ0n) is 10.1. The van der Waals surface area contributed by atoms with Gasteiger partial charge in [0.25, 0.3) is 5.91 Å². The van der Waals surface area contributed by atoms with Crippen molar-refractivity contribution in [1.82, 2.24) is 9.47 Å². The van der Waals surface area contributed by atoms with Crippen LogP contribution in [0.4, 0.5) is 0 Å². The van der Waals surface area contributed by atoms with Gasteiger partial charge in [-0.2, -0.15) is 0 Å². The van der Waals surface area contributed by atoms with Crippen molar-refractivity contribution >= 4 is 5.91 Å². The highest BCUT2D eigenvalue weighted by Gasteiger charge is 2.22. The van der Waals surface area contributed by atoms with Crippen LogP contribution in [0, 0.1) is 5.92 Å². The summed E-state index contributed by atoms with van der Waals surface area (Å²) in [7, 11) is 0. The Hall–Kier alpha value is -1.25. The number of aromatic nitrogens is 1. The van der Waals surface area contributed by atoms with E-state index in [9.17, 15) is 4.79 Å². The molecule has 16 heavy (non-hydrogen) atoms. The van der Waals surface area contributed by atoms with Crippen LogP contribution in [0.3, 0.4) is 0 Å². The monoisotopic (exact) mass is 220 g/mol. The second kappa shape index (κ2) is 4.73. The highest BCUT2D eigenvalue weighted by Crippen LogP contribution is 2.18. The van der Waals surface area contributed by atoms with Gasteiger partial charge in [0, 0.05) is 25.8 Å². The minimum atomic E-state index is 0.193. The third kappa shape index (κ3) is 2.13. The van der Waals surface area contributed by atoms with Gasteiger partial charge in [0.15, 0.2) is 0 Å². The zero-order chi connectivity index (χ0) is 11.5. The van der Waals surface area contributed by atoms with Crippen molar-refractivity contribution in [3.05, 3.63) is 24.0 Å². The largest absolute Gasteiger partial charge is 0.344 e. The Balaban J connectivity index is 2.07. The summed E-state index contributed by atoms with van der Waals surface area (Å²) in [6, 6.07) is 3.87. The fraction of sp³-hybridized carbons (Fsp3) is 0.615. The molecule has 0 atom stereocenters. The minimum absolute atomic E-state index is 0.193. The molecule has 1 aliphatic heterocycles. The normalized spacial score (nSPS) is 17.8. The van der Waals surface area contributed by atoms with Gasteiger partial charge in [0.05, 0.1) is 0 Å². The SMILES string of the molecule is CCn1cccc1C(=O)N1CCC(C)CC1. The number of carbonyl (C=O) groups is 1. The first-order valence-electron chi connectivity index (χ1n) is 6.16. The van der Waals surface area contributed by atoms with Crippen molar-refractivity contribution in [1.29, 1.82) is 0 Å². The molecule has 1 aromatic rings. The molecule has 0 radical (unpaired) electrons. The Kier molecular flexibility index (Phi) is 3.32. The molecule has 0 spiro atoms. The Morgan fingerprint density at radius 2 is 2.12 bits per heavy atom. The Labute approximate surface area is 97.1 Å². The predicted molar refractivity (Wildman–Crippen MR) is 64.4 cm³/mol. The van der Waals surface area contributed by atoms with Gasteiger partial charge in [-0.15, -0.1) is 0 Å². The standard InChI is InChI=1S/C13H20N2O/c1-3-14-8-4-5-12(14)13(16)15-9-6-11(2)7-10-15/h4-5,8,11H,3,6-7,9-10H2,1-2H3. The van der Waals surface area contributed by atoms with Crippen LogP contribution in [0.15, 0.2) is 18.3 Å². The number of piperidine rings is 1. The number of hydrogen-bond acceptors (Lipinski definition) is 1. The van der Waals surface area contributed by atoms with Crippen molar-refractivity contribution in [3.63, 3.8) is 0 Å². The second-order valence-corrected chi connectivity index (χ2v) is 4.65. The van der Waals surface area contributed by atoms with Crippen molar-refractivity contribution in [3.8, 4) is 0 Å². The molecule has 0 N–H and O–H groups in total. The van der Waals surface area contributed by atoms with E-state index in [0.29, 0.717) is 0 Å². The van der Waals surface area contributed by atoms with Gasteiger partial charge in [-0.3, -0.25) is 4.79 Å². The van der Waals surface area contributed by atoms with E-state index in [1.165, 1.54) is 0 Å². The first kappa shape index (κ1) is 11.2. The van der Waals surface area contributed by atoms with E-state index in [1.807, 2.05) is 27.8 Å². The van der Waals surface area contributed by atoms with E-state index in [-0.39, 0.29) is 5.91 Å². The number of amides is 1. The van der Waals surface area contributed by atoms with Crippen LogP contribution in [-0.2, 0) is 6.54 Å². The Morgan fingerprint density at radius 3 is 2.75 bits per heavy atom. The maximum Gasteiger partial charge on any atom is 0.270 e. The number of nitrogens with zero attached hydrogens (tertiary/aromatic N) is 2. The molecule has 0 aromatic carbocycles. The summed E-state index contributed by atoms with van der Waals surface area (Å²) in [5.74, 6) is 0.959. The van der Waals surface area contributed by atoms with E-state index in [4.69, 9.17) is 0 Å². The zero-order valence-corrected chi connectivity index (χ0v) is 10.1. The molecule has 1 saturated heterocycles. The third-order valence-corrected chi connectivity index (χ3v) is 3.46. The summed E-state index contributed by atoms with van der Waals surface area (Å²) in [5, 5.41) is 0. The van der Waals surface area contributed by atoms with E-state index in [0.717, 1.165) is 44.1 Å². The summed E-state index contributed by atoms with van der Waals surface area (Å²) in [4.78, 5) is 14.2. The molecule has 2 heterocycles. The maximum atomic E-state index is 12.3. The van der Waals surface area contributed by atoms with Crippen LogP contribution in [0.1, 0.15) is 37.2 Å². The number of hydrogen-bond donors (Lipinski definition) is 0. The smallest absolute Gasteiger partial charge is 0.270 e. The van der Waals surface area contributed by atoms with Gasteiger partial charge in [-0.25, -0.2) is 0 Å². The van der Waals surface area contributed by atoms with E-state index in [1.54, 1.807) is 0 Å². The summed E-state index contributed by atoms with van der Waals surface area (Å²) in [6.07, 6.45) is 4.25. The Bertz CT molecular complexity index is 362. The molecule has 3 nitrogen and oxygen atoms in total. The van der Waals surface area contributed by atoms with Crippen LogP contribution in [0.25, 0.3) is 0 Å². The number of likely N-dealkylation sites (tertiary alicyclic amines) is 1. The van der Waals surface area contributed by atoms with Gasteiger partial charge in [0.2, 0.25) is 0 Å². The van der Waals surface area contributed by atoms with Crippen molar-refractivity contribution < 1.29 is 4.79 Å². The minimum Gasteiger partial charge on any atom is -0.344 e. The topological polar surface area (TPSA) is 25.2 Å². The van der Waals surface area contributed by atoms with Crippen LogP contribution >= 0.6 is 0 Å². The highest BCUT2D eigenvalue weighted by molar-refractivity contribution is 5.92. The number of carbonyl (C=O) groups excluding carboxylic acids is 1. The van der Waals surface area contributed by atoms with Crippen molar-refractivity contribution in [2.75, 3.05) is 13.1 Å². The van der Waals surface area contributed by atoms with Crippen LogP contribution < -0.4 is 0 Å². The summed E-state index contributed by atoms with van der Waals surface area (Å²) in [5.41, 5.74) is 0.831. The number of aryl methyl sites for hydroxylation is 1. The lowest BCUT2D eigenvalue weighted by molar-refractivity contribution is 0.0686. The molecule has 1 aliphatic rings. The molecule has 0 aliphatic carbocycles. The summed E-state index contributed by atoms with van der Waals surface area (Å²) in [6.45, 7) is 7.01. The second-order valence-electron chi connectivity index (χ2n) is 4.65. The summed E-state index contributed by atoms with van der Waals surface area (Å²) >= 11 is 0. The Morgan fingerprint density at radius 1 is 1.44 bits per heavy atom. The average molecular weight is 220 g/mol. The summed E-state index contributed by atoms with van der Waals surface area (Å²) < 4.78 is 2.01. The van der Waals surface area contributed by atoms with Crippen molar-refractivity contribution in [2.24, 2.45) is 5.92 Å². The van der Waals surface area contributed by atoms with E-state index in [2.05, 4.69) is 13.8 Å². The van der Waals surface area contributed by atoms with Gasteiger partial charge in [-0.05, 0) is 37.8 Å². The first-order chi connectivity index (χ1) is 7.72. The molecule has 3 heteroatoms. The number of rotatable bonds is 2. The lowest BCUT2D eigenvalue weighted by atomic mass is 9.99. The molecule has 1 fully saturated rings. The third-order valence-electron chi connectivity index (χ3n) is 3.46. The fourth-order valence-corrected chi connectivity index (χ4v) is 2.26. The molecule has 1 amide bonds. The lowest BCUT2D eigenvalue weighted by Crippen LogP contribution is -2.38. The molecule has 0 saturated carbocycles. The fourth-order valence-electron chi connectivity index (χ4n) is 2.26. The maximum absolute atomic E-state index is 12.3. The van der Waals surface area contributed by atoms with Gasteiger partial charge >= 0.3 is 0 Å². The van der Waals surface area contributed by atoms with Gasteiger partial charge < -0.3 is 9.47 Å². The molecular formula is C13H20N2O. The average Bonchev–Trinajstić information content (AvgIpc) is 2.77. The molecule has 88 valence electrons. The molecule has 2 rings (SSSR count). The molecule has 1 aromatic heterocycles. The first-order valence-corrected chi connectivity index (χ1v) is 6.16. The van der Waals surface area contributed by atoms with Crippen LogP contribution in [0.5, 0.6) is 0 Å². The predicted octanol–water partition coefficient (Wildman–Crippen LogP) is 2.38. The van der Waals surface area contributed by atoms with E-state index < -0.39 is 0 Å². The lowest BCUT2D eigenvalue weighted by Gasteiger charge is -2.30. The van der Waals surface area contributed by atoms with Crippen LogP contribution in [-0.4, -0.2) is 28.5 Å². The highest BCUT2D eigenvalue weighted by atomic mass is 16.2. The molecular weight excluding hydrogens is 200 g/mol. The molecule has 0 unspecified atom stereocenters. The van der Waals surface area contributed by atoms with E-state index >= 15 is 0 Å². The van der Waals surface area contributed by atoms with Gasteiger partial charge in [0.1, 0.15) is 5.69 Å². The molecule has 0 bridgehead atoms. The van der Waals surface area contributed by atoms with Crippen LogP contribution in [0.2, 0.25) is 0 Å². The van der Waals surface area contributed by atoms with Crippen molar-refractivity contribution in [2.45, 2.75) is 33.2 Å². The van der Waals surface area contributed by atoms with Gasteiger partial charge in [-0.1, -0.05) is 6.92 Å². The quantitative estimate of drug-likeness (QED) is 0.751.